The Kier molecular flexibility index (Phi) is 5.14. The molecule has 0 N–H and O–H groups in total. The first-order valence-electron chi connectivity index (χ1n) is 9.71. The first-order valence-corrected chi connectivity index (χ1v) is 10.1. The van der Waals surface area contributed by atoms with Crippen LogP contribution in [0.15, 0.2) is 30.6 Å². The van der Waals surface area contributed by atoms with Gasteiger partial charge in [0.05, 0.1) is 19.5 Å². The first-order chi connectivity index (χ1) is 12.7. The van der Waals surface area contributed by atoms with Crippen LogP contribution in [0.25, 0.3) is 5.69 Å². The maximum absolute atomic E-state index is 5.74. The van der Waals surface area contributed by atoms with Crippen molar-refractivity contribution in [2.24, 2.45) is 5.92 Å². The van der Waals surface area contributed by atoms with Crippen molar-refractivity contribution in [3.05, 3.63) is 35.4 Å². The summed E-state index contributed by atoms with van der Waals surface area (Å²) >= 11 is 5.74. The zero-order valence-corrected chi connectivity index (χ0v) is 16.5. The van der Waals surface area contributed by atoms with Crippen molar-refractivity contribution in [1.82, 2.24) is 19.2 Å². The van der Waals surface area contributed by atoms with Crippen molar-refractivity contribution in [3.63, 3.8) is 0 Å². The van der Waals surface area contributed by atoms with Crippen LogP contribution in [0.4, 0.5) is 0 Å². The fourth-order valence-electron chi connectivity index (χ4n) is 4.09. The average Bonchev–Trinajstić information content (AvgIpc) is 3.44. The highest BCUT2D eigenvalue weighted by molar-refractivity contribution is 7.71. The van der Waals surface area contributed by atoms with Gasteiger partial charge in [-0.25, -0.2) is 4.68 Å². The molecule has 26 heavy (non-hydrogen) atoms. The Balaban J connectivity index is 1.56. The van der Waals surface area contributed by atoms with Gasteiger partial charge in [-0.15, -0.1) is 0 Å². The van der Waals surface area contributed by atoms with Gasteiger partial charge in [-0.2, -0.15) is 5.10 Å². The van der Waals surface area contributed by atoms with E-state index in [2.05, 4.69) is 16.9 Å². The second-order valence-corrected chi connectivity index (χ2v) is 8.12. The van der Waals surface area contributed by atoms with E-state index in [4.69, 9.17) is 17.0 Å². The maximum Gasteiger partial charge on any atom is 0.203 e. The van der Waals surface area contributed by atoms with E-state index >= 15 is 0 Å². The van der Waals surface area contributed by atoms with Crippen LogP contribution >= 0.6 is 12.2 Å². The second-order valence-electron chi connectivity index (χ2n) is 7.76. The Morgan fingerprint density at radius 3 is 2.42 bits per heavy atom. The van der Waals surface area contributed by atoms with Gasteiger partial charge in [-0.3, -0.25) is 9.47 Å². The first kappa shape index (κ1) is 17.7. The minimum absolute atomic E-state index is 0.678. The number of ether oxygens (including phenoxy) is 1. The van der Waals surface area contributed by atoms with E-state index in [1.165, 1.54) is 38.5 Å². The number of hydrogen-bond donors (Lipinski definition) is 0. The molecule has 0 atom stereocenters. The molecule has 0 saturated heterocycles. The zero-order valence-electron chi connectivity index (χ0n) is 15.7. The lowest BCUT2D eigenvalue weighted by Crippen LogP contribution is -2.40. The lowest BCUT2D eigenvalue weighted by atomic mass is 9.86. The van der Waals surface area contributed by atoms with Crippen LogP contribution in [-0.2, 0) is 6.67 Å². The van der Waals surface area contributed by atoms with Gasteiger partial charge in [0.25, 0.3) is 0 Å². The Hall–Kier alpha value is -1.66. The van der Waals surface area contributed by atoms with Crippen LogP contribution in [0, 0.1) is 10.7 Å². The van der Waals surface area contributed by atoms with Crippen LogP contribution < -0.4 is 4.74 Å². The number of aromatic nitrogens is 3. The van der Waals surface area contributed by atoms with Gasteiger partial charge >= 0.3 is 0 Å². The highest BCUT2D eigenvalue weighted by Crippen LogP contribution is 2.35. The summed E-state index contributed by atoms with van der Waals surface area (Å²) in [5.41, 5.74) is 0.940. The maximum atomic E-state index is 5.74. The number of hydrogen-bond acceptors (Lipinski definition) is 4. The number of benzene rings is 1. The van der Waals surface area contributed by atoms with Crippen molar-refractivity contribution >= 4 is 12.2 Å². The van der Waals surface area contributed by atoms with E-state index < -0.39 is 0 Å². The Morgan fingerprint density at radius 1 is 1.12 bits per heavy atom. The molecule has 0 aliphatic heterocycles. The third kappa shape index (κ3) is 3.58. The summed E-state index contributed by atoms with van der Waals surface area (Å²) in [5.74, 6) is 1.68. The summed E-state index contributed by atoms with van der Waals surface area (Å²) in [6.45, 7) is 3.17. The van der Waals surface area contributed by atoms with Crippen molar-refractivity contribution < 1.29 is 4.74 Å². The lowest BCUT2D eigenvalue weighted by Gasteiger charge is -2.36. The SMILES string of the molecule is COc1ccccc1-n1cnn(CN(C2CCC(C)CC2)C2CC2)c1=S. The third-order valence-electron chi connectivity index (χ3n) is 5.85. The minimum Gasteiger partial charge on any atom is -0.495 e. The van der Waals surface area contributed by atoms with Crippen LogP contribution in [-0.4, -0.2) is 38.4 Å². The van der Waals surface area contributed by atoms with Gasteiger partial charge in [0.15, 0.2) is 0 Å². The number of nitrogens with zero attached hydrogens (tertiary/aromatic N) is 4. The van der Waals surface area contributed by atoms with Crippen molar-refractivity contribution in [3.8, 4) is 11.4 Å². The Labute approximate surface area is 160 Å². The van der Waals surface area contributed by atoms with E-state index in [-0.39, 0.29) is 0 Å². The molecule has 1 aromatic carbocycles. The summed E-state index contributed by atoms with van der Waals surface area (Å²) in [5, 5.41) is 4.61. The third-order valence-corrected chi connectivity index (χ3v) is 6.25. The van der Waals surface area contributed by atoms with Crippen LogP contribution in [0.5, 0.6) is 5.75 Å². The monoisotopic (exact) mass is 372 g/mol. The molecule has 1 aromatic heterocycles. The summed E-state index contributed by atoms with van der Waals surface area (Å²) in [6.07, 6.45) is 9.73. The van der Waals surface area contributed by atoms with E-state index in [1.54, 1.807) is 7.11 Å². The van der Waals surface area contributed by atoms with Gasteiger partial charge in [0, 0.05) is 12.1 Å². The van der Waals surface area contributed by atoms with Crippen LogP contribution in [0.2, 0.25) is 0 Å². The average molecular weight is 373 g/mol. The van der Waals surface area contributed by atoms with Crippen molar-refractivity contribution in [2.45, 2.75) is 64.2 Å². The second kappa shape index (κ2) is 7.53. The topological polar surface area (TPSA) is 35.2 Å². The van der Waals surface area contributed by atoms with Crippen molar-refractivity contribution in [2.75, 3.05) is 7.11 Å². The molecule has 2 fully saturated rings. The molecule has 2 saturated carbocycles. The standard InChI is InChI=1S/C20H28N4OS/c1-15-7-9-16(10-8-15)23(17-11-12-17)14-24-20(26)22(13-21-24)18-5-3-4-6-19(18)25-2/h3-6,13,15-17H,7-12,14H2,1-2H3. The smallest absolute Gasteiger partial charge is 0.203 e. The van der Waals surface area contributed by atoms with Crippen LogP contribution in [0.3, 0.4) is 0 Å². The quantitative estimate of drug-likeness (QED) is 0.704. The normalized spacial score (nSPS) is 23.3. The number of para-hydroxylation sites is 2. The molecule has 2 aliphatic carbocycles. The largest absolute Gasteiger partial charge is 0.495 e. The fraction of sp³-hybridized carbons (Fsp3) is 0.600. The van der Waals surface area contributed by atoms with Gasteiger partial charge in [0.2, 0.25) is 4.77 Å². The molecule has 1 heterocycles. The summed E-state index contributed by atoms with van der Waals surface area (Å²) in [7, 11) is 1.69. The van der Waals surface area contributed by atoms with E-state index in [0.717, 1.165) is 28.8 Å². The molecule has 0 amide bonds. The summed E-state index contributed by atoms with van der Waals surface area (Å²) in [4.78, 5) is 2.65. The predicted molar refractivity (Wildman–Crippen MR) is 105 cm³/mol. The molecule has 0 spiro atoms. The van der Waals surface area contributed by atoms with Crippen molar-refractivity contribution in [1.29, 1.82) is 0 Å². The Bertz CT molecular complexity index is 802. The Morgan fingerprint density at radius 2 is 1.77 bits per heavy atom. The van der Waals surface area contributed by atoms with E-state index in [9.17, 15) is 0 Å². The fourth-order valence-corrected chi connectivity index (χ4v) is 4.34. The molecular weight excluding hydrogens is 344 g/mol. The molecule has 0 bridgehead atoms. The molecule has 5 nitrogen and oxygen atoms in total. The number of methoxy groups -OCH3 is 1. The molecule has 0 radical (unpaired) electrons. The molecule has 140 valence electrons. The summed E-state index contributed by atoms with van der Waals surface area (Å²) < 4.78 is 10.1. The van der Waals surface area contributed by atoms with E-state index in [0.29, 0.717) is 12.1 Å². The van der Waals surface area contributed by atoms with Gasteiger partial charge in [0.1, 0.15) is 12.1 Å². The molecule has 0 unspecified atom stereocenters. The van der Waals surface area contributed by atoms with Gasteiger partial charge in [-0.1, -0.05) is 19.1 Å². The summed E-state index contributed by atoms with van der Waals surface area (Å²) in [6, 6.07) is 9.32. The minimum atomic E-state index is 0.678. The zero-order chi connectivity index (χ0) is 18.1. The highest BCUT2D eigenvalue weighted by atomic mass is 32.1. The molecule has 6 heteroatoms. The molecule has 2 aromatic rings. The lowest BCUT2D eigenvalue weighted by molar-refractivity contribution is 0.0921. The molecular formula is C20H28N4OS. The predicted octanol–water partition coefficient (Wildman–Crippen LogP) is 4.41. The molecule has 2 aliphatic rings. The molecule has 4 rings (SSSR count). The highest BCUT2D eigenvalue weighted by Gasteiger charge is 2.35. The van der Waals surface area contributed by atoms with Gasteiger partial charge < -0.3 is 4.74 Å². The number of rotatable bonds is 6. The van der Waals surface area contributed by atoms with Crippen LogP contribution in [0.1, 0.15) is 45.4 Å². The van der Waals surface area contributed by atoms with E-state index in [1.807, 2.05) is 39.8 Å². The van der Waals surface area contributed by atoms with Gasteiger partial charge in [-0.05, 0) is 68.8 Å².